The third-order valence-electron chi connectivity index (χ3n) is 6.31. The molecule has 9 nitrogen and oxygen atoms in total. The van der Waals surface area contributed by atoms with E-state index in [2.05, 4.69) is 20.9 Å². The standard InChI is InChI=1S/C24H20BrCl2N3O6S/c1-24(11-14-2-4-15(25)5-3-14)21(31)29(18-9-16(26)8-17(27)10-18)22-28-12-20(30(22)24)37(33,34)7-6-19-13-35-23(32)36-19/h2-5,8-10,12,19H,6-7,11,13H2,1H3/t19?,24-/m1/s1. The van der Waals surface area contributed by atoms with Gasteiger partial charge in [-0.3, -0.25) is 9.36 Å². The molecule has 2 aromatic carbocycles. The van der Waals surface area contributed by atoms with Gasteiger partial charge in [-0.05, 0) is 42.8 Å². The van der Waals surface area contributed by atoms with Gasteiger partial charge in [0.2, 0.25) is 5.95 Å². The zero-order valence-corrected chi connectivity index (χ0v) is 23.3. The molecule has 1 unspecified atom stereocenters. The number of rotatable bonds is 7. The fourth-order valence-electron chi connectivity index (χ4n) is 4.55. The molecule has 0 spiro atoms. The molecule has 0 bridgehead atoms. The number of benzene rings is 2. The number of carbonyl (C=O) groups excluding carboxylic acids is 2. The van der Waals surface area contributed by atoms with Gasteiger partial charge in [-0.15, -0.1) is 0 Å². The summed E-state index contributed by atoms with van der Waals surface area (Å²) in [6.07, 6.45) is -0.00304. The predicted molar refractivity (Wildman–Crippen MR) is 140 cm³/mol. The lowest BCUT2D eigenvalue weighted by atomic mass is 9.92. The number of hydrogen-bond donors (Lipinski definition) is 0. The van der Waals surface area contributed by atoms with Crippen molar-refractivity contribution in [3.05, 3.63) is 68.7 Å². The Labute approximate surface area is 231 Å². The highest BCUT2D eigenvalue weighted by Crippen LogP contribution is 2.44. The lowest BCUT2D eigenvalue weighted by molar-refractivity contribution is -0.124. The summed E-state index contributed by atoms with van der Waals surface area (Å²) in [6.45, 7) is 1.67. The first-order chi connectivity index (χ1) is 17.5. The smallest absolute Gasteiger partial charge is 0.430 e. The lowest BCUT2D eigenvalue weighted by Crippen LogP contribution is -2.42. The van der Waals surface area contributed by atoms with Crippen molar-refractivity contribution in [1.82, 2.24) is 9.55 Å². The summed E-state index contributed by atoms with van der Waals surface area (Å²) in [5.41, 5.74) is -0.143. The van der Waals surface area contributed by atoms with E-state index in [4.69, 9.17) is 32.7 Å². The van der Waals surface area contributed by atoms with Gasteiger partial charge < -0.3 is 9.47 Å². The highest BCUT2D eigenvalue weighted by molar-refractivity contribution is 9.10. The van der Waals surface area contributed by atoms with Crippen LogP contribution in [-0.2, 0) is 36.1 Å². The Balaban J connectivity index is 1.59. The third kappa shape index (κ3) is 4.85. The number of imidazole rings is 1. The first kappa shape index (κ1) is 26.0. The molecule has 0 aliphatic carbocycles. The summed E-state index contributed by atoms with van der Waals surface area (Å²) < 4.78 is 39.1. The number of anilines is 2. The molecule has 0 radical (unpaired) electrons. The molecule has 1 saturated heterocycles. The number of amides is 1. The van der Waals surface area contributed by atoms with E-state index in [9.17, 15) is 18.0 Å². The van der Waals surface area contributed by atoms with Crippen LogP contribution in [0.4, 0.5) is 16.4 Å². The zero-order valence-electron chi connectivity index (χ0n) is 19.4. The van der Waals surface area contributed by atoms with Crippen LogP contribution in [0.5, 0.6) is 0 Å². The molecule has 2 aliphatic heterocycles. The first-order valence-corrected chi connectivity index (χ1v) is 14.4. The van der Waals surface area contributed by atoms with Gasteiger partial charge in [-0.2, -0.15) is 0 Å². The number of cyclic esters (lactones) is 2. The summed E-state index contributed by atoms with van der Waals surface area (Å²) in [5, 5.41) is 0.517. The van der Waals surface area contributed by atoms with Crippen LogP contribution in [-0.4, -0.2) is 48.5 Å². The topological polar surface area (TPSA) is 108 Å². The maximum Gasteiger partial charge on any atom is 0.508 e. The molecule has 0 saturated carbocycles. The van der Waals surface area contributed by atoms with Crippen molar-refractivity contribution in [2.45, 2.75) is 36.4 Å². The predicted octanol–water partition coefficient (Wildman–Crippen LogP) is 5.29. The molecular weight excluding hydrogens is 609 g/mol. The Bertz CT molecular complexity index is 1490. The SMILES string of the molecule is C[C@@]1(Cc2ccc(Br)cc2)C(=O)N(c2cc(Cl)cc(Cl)c2)c2ncc(S(=O)(=O)CCC3COC(=O)O3)n21. The van der Waals surface area contributed by atoms with Gasteiger partial charge in [-0.1, -0.05) is 51.3 Å². The van der Waals surface area contributed by atoms with Crippen LogP contribution >= 0.6 is 39.1 Å². The lowest BCUT2D eigenvalue weighted by Gasteiger charge is -2.26. The van der Waals surface area contributed by atoms with Gasteiger partial charge in [0.1, 0.15) is 18.2 Å². The van der Waals surface area contributed by atoms with Gasteiger partial charge in [0.25, 0.3) is 5.91 Å². The second kappa shape index (κ2) is 9.61. The molecule has 2 aliphatic rings. The number of carbonyl (C=O) groups is 2. The molecule has 1 aromatic heterocycles. The molecule has 13 heteroatoms. The number of hydrogen-bond acceptors (Lipinski definition) is 7. The molecule has 194 valence electrons. The summed E-state index contributed by atoms with van der Waals surface area (Å²) in [5.74, 6) is -0.575. The first-order valence-electron chi connectivity index (χ1n) is 11.2. The highest BCUT2D eigenvalue weighted by atomic mass is 79.9. The van der Waals surface area contributed by atoms with Crippen LogP contribution < -0.4 is 4.90 Å². The Hall–Kier alpha value is -2.60. The van der Waals surface area contributed by atoms with Crippen LogP contribution in [0, 0.1) is 0 Å². The molecule has 3 aromatic rings. The van der Waals surface area contributed by atoms with Crippen molar-refractivity contribution in [1.29, 1.82) is 0 Å². The molecule has 2 atom stereocenters. The van der Waals surface area contributed by atoms with Gasteiger partial charge in [0.05, 0.1) is 17.6 Å². The number of fused-ring (bicyclic) bond motifs is 1. The Kier molecular flexibility index (Phi) is 6.76. The van der Waals surface area contributed by atoms with E-state index in [-0.39, 0.29) is 42.1 Å². The van der Waals surface area contributed by atoms with Gasteiger partial charge in [-0.25, -0.2) is 23.1 Å². The minimum Gasteiger partial charge on any atom is -0.430 e. The number of aromatic nitrogens is 2. The van der Waals surface area contributed by atoms with E-state index in [1.165, 1.54) is 21.7 Å². The number of halogens is 3. The van der Waals surface area contributed by atoms with E-state index >= 15 is 0 Å². The minimum absolute atomic E-state index is 0.0120. The maximum atomic E-state index is 14.0. The Morgan fingerprint density at radius 1 is 1.14 bits per heavy atom. The molecule has 37 heavy (non-hydrogen) atoms. The minimum atomic E-state index is -3.95. The second-order valence-electron chi connectivity index (χ2n) is 8.99. The van der Waals surface area contributed by atoms with Crippen molar-refractivity contribution in [3.63, 3.8) is 0 Å². The largest absolute Gasteiger partial charge is 0.508 e. The van der Waals surface area contributed by atoms with Crippen LogP contribution in [0.1, 0.15) is 18.9 Å². The number of ether oxygens (including phenoxy) is 2. The zero-order chi connectivity index (χ0) is 26.5. The van der Waals surface area contributed by atoms with Crippen LogP contribution in [0.15, 0.2) is 58.2 Å². The van der Waals surface area contributed by atoms with Gasteiger partial charge in [0.15, 0.2) is 14.9 Å². The van der Waals surface area contributed by atoms with Crippen molar-refractivity contribution in [2.24, 2.45) is 0 Å². The highest BCUT2D eigenvalue weighted by Gasteiger charge is 2.51. The Morgan fingerprint density at radius 2 is 1.81 bits per heavy atom. The van der Waals surface area contributed by atoms with Crippen molar-refractivity contribution < 1.29 is 27.5 Å². The molecular formula is C24H20BrCl2N3O6S. The van der Waals surface area contributed by atoms with E-state index in [1.807, 2.05) is 24.3 Å². The molecule has 0 N–H and O–H groups in total. The number of nitrogens with zero attached hydrogens (tertiary/aromatic N) is 3. The third-order valence-corrected chi connectivity index (χ3v) is 8.98. The summed E-state index contributed by atoms with van der Waals surface area (Å²) in [4.78, 5) is 30.9. The van der Waals surface area contributed by atoms with Crippen molar-refractivity contribution >= 4 is 72.7 Å². The fourth-order valence-corrected chi connectivity index (χ4v) is 6.89. The monoisotopic (exact) mass is 627 g/mol. The average Bonchev–Trinajstić information content (AvgIpc) is 3.50. The summed E-state index contributed by atoms with van der Waals surface area (Å²) in [7, 11) is -3.95. The van der Waals surface area contributed by atoms with E-state index < -0.39 is 27.6 Å². The molecule has 1 amide bonds. The summed E-state index contributed by atoms with van der Waals surface area (Å²) >= 11 is 15.8. The quantitative estimate of drug-likeness (QED) is 0.327. The van der Waals surface area contributed by atoms with Crippen molar-refractivity contribution in [2.75, 3.05) is 17.3 Å². The van der Waals surface area contributed by atoms with E-state index in [1.54, 1.807) is 19.1 Å². The van der Waals surface area contributed by atoms with Gasteiger partial charge >= 0.3 is 6.16 Å². The maximum absolute atomic E-state index is 14.0. The molecule has 5 rings (SSSR count). The number of sulfone groups is 1. The van der Waals surface area contributed by atoms with Crippen LogP contribution in [0.2, 0.25) is 10.0 Å². The Morgan fingerprint density at radius 3 is 2.43 bits per heavy atom. The van der Waals surface area contributed by atoms with E-state index in [0.29, 0.717) is 15.7 Å². The van der Waals surface area contributed by atoms with Crippen molar-refractivity contribution in [3.8, 4) is 0 Å². The van der Waals surface area contributed by atoms with Crippen LogP contribution in [0.3, 0.4) is 0 Å². The van der Waals surface area contributed by atoms with Gasteiger partial charge in [0, 0.05) is 27.4 Å². The fraction of sp³-hybridized carbons (Fsp3) is 0.292. The normalized spacial score (nSPS) is 21.2. The second-order valence-corrected chi connectivity index (χ2v) is 12.8. The summed E-state index contributed by atoms with van der Waals surface area (Å²) in [6, 6.07) is 12.1. The van der Waals surface area contributed by atoms with Crippen LogP contribution in [0.25, 0.3) is 0 Å². The molecule has 3 heterocycles. The average molecular weight is 629 g/mol. The molecule has 1 fully saturated rings. The van der Waals surface area contributed by atoms with E-state index in [0.717, 1.165) is 10.0 Å².